The summed E-state index contributed by atoms with van der Waals surface area (Å²) in [5, 5.41) is 3.16. The number of aryl methyl sites for hydroxylation is 2. The minimum Gasteiger partial charge on any atom is -0.388 e. The SMILES string of the molecule is Cc1ccc(Nc2nccc(C(N)=S)n2)c(C)c1. The van der Waals surface area contributed by atoms with Crippen LogP contribution in [-0.4, -0.2) is 15.0 Å². The lowest BCUT2D eigenvalue weighted by molar-refractivity contribution is 1.15. The molecule has 2 rings (SSSR count). The molecule has 0 radical (unpaired) electrons. The summed E-state index contributed by atoms with van der Waals surface area (Å²) in [5.41, 5.74) is 9.43. The molecule has 18 heavy (non-hydrogen) atoms. The molecule has 0 atom stereocenters. The average Bonchev–Trinajstić information content (AvgIpc) is 2.33. The van der Waals surface area contributed by atoms with Crippen LogP contribution in [0.4, 0.5) is 11.6 Å². The van der Waals surface area contributed by atoms with E-state index in [1.807, 2.05) is 19.1 Å². The largest absolute Gasteiger partial charge is 0.388 e. The molecule has 0 aliphatic heterocycles. The van der Waals surface area contributed by atoms with Crippen molar-refractivity contribution in [2.75, 3.05) is 5.32 Å². The van der Waals surface area contributed by atoms with Gasteiger partial charge in [-0.2, -0.15) is 0 Å². The number of nitrogens with two attached hydrogens (primary N) is 1. The van der Waals surface area contributed by atoms with Crippen molar-refractivity contribution in [3.05, 3.63) is 47.3 Å². The van der Waals surface area contributed by atoms with Crippen LogP contribution in [0.25, 0.3) is 0 Å². The van der Waals surface area contributed by atoms with Gasteiger partial charge < -0.3 is 11.1 Å². The van der Waals surface area contributed by atoms with Gasteiger partial charge in [0, 0.05) is 11.9 Å². The topological polar surface area (TPSA) is 63.8 Å². The van der Waals surface area contributed by atoms with Crippen LogP contribution in [0.2, 0.25) is 0 Å². The van der Waals surface area contributed by atoms with Crippen molar-refractivity contribution in [1.82, 2.24) is 9.97 Å². The number of aromatic nitrogens is 2. The summed E-state index contributed by atoms with van der Waals surface area (Å²) in [6.45, 7) is 4.09. The molecule has 2 aromatic rings. The third-order valence-electron chi connectivity index (χ3n) is 2.54. The molecule has 0 saturated carbocycles. The molecule has 0 bridgehead atoms. The minimum absolute atomic E-state index is 0.265. The summed E-state index contributed by atoms with van der Waals surface area (Å²) in [5.74, 6) is 0.493. The Balaban J connectivity index is 2.28. The maximum absolute atomic E-state index is 5.54. The quantitative estimate of drug-likeness (QED) is 0.828. The predicted molar refractivity (Wildman–Crippen MR) is 77.1 cm³/mol. The lowest BCUT2D eigenvalue weighted by atomic mass is 10.1. The summed E-state index contributed by atoms with van der Waals surface area (Å²) in [7, 11) is 0. The molecule has 0 fully saturated rings. The lowest BCUT2D eigenvalue weighted by Crippen LogP contribution is -2.13. The first-order valence-corrected chi connectivity index (χ1v) is 5.94. The Bertz CT molecular complexity index is 595. The maximum Gasteiger partial charge on any atom is 0.227 e. The first-order valence-electron chi connectivity index (χ1n) is 5.53. The van der Waals surface area contributed by atoms with Gasteiger partial charge in [-0.3, -0.25) is 0 Å². The van der Waals surface area contributed by atoms with Crippen molar-refractivity contribution >= 4 is 28.8 Å². The molecule has 0 unspecified atom stereocenters. The van der Waals surface area contributed by atoms with Crippen molar-refractivity contribution in [3.8, 4) is 0 Å². The summed E-state index contributed by atoms with van der Waals surface area (Å²) < 4.78 is 0. The van der Waals surface area contributed by atoms with Gasteiger partial charge in [0.05, 0.1) is 0 Å². The third-order valence-corrected chi connectivity index (χ3v) is 2.75. The molecule has 92 valence electrons. The Morgan fingerprint density at radius 1 is 1.28 bits per heavy atom. The highest BCUT2D eigenvalue weighted by Gasteiger charge is 2.04. The highest BCUT2D eigenvalue weighted by atomic mass is 32.1. The number of nitrogens with one attached hydrogen (secondary N) is 1. The van der Waals surface area contributed by atoms with Crippen LogP contribution in [0.3, 0.4) is 0 Å². The van der Waals surface area contributed by atoms with Gasteiger partial charge in [-0.1, -0.05) is 29.9 Å². The van der Waals surface area contributed by atoms with Crippen LogP contribution < -0.4 is 11.1 Å². The molecule has 5 heteroatoms. The van der Waals surface area contributed by atoms with Crippen molar-refractivity contribution < 1.29 is 0 Å². The van der Waals surface area contributed by atoms with Crippen LogP contribution in [-0.2, 0) is 0 Å². The van der Waals surface area contributed by atoms with Gasteiger partial charge >= 0.3 is 0 Å². The number of anilines is 2. The van der Waals surface area contributed by atoms with Crippen LogP contribution in [0.5, 0.6) is 0 Å². The van der Waals surface area contributed by atoms with E-state index in [4.69, 9.17) is 18.0 Å². The van der Waals surface area contributed by atoms with E-state index in [-0.39, 0.29) is 4.99 Å². The van der Waals surface area contributed by atoms with Gasteiger partial charge in [-0.25, -0.2) is 9.97 Å². The molecule has 1 aromatic carbocycles. The molecule has 0 spiro atoms. The number of thiocarbonyl (C=S) groups is 1. The fourth-order valence-corrected chi connectivity index (χ4v) is 1.74. The Morgan fingerprint density at radius 2 is 2.06 bits per heavy atom. The molecule has 1 aromatic heterocycles. The minimum atomic E-state index is 0.265. The molecule has 1 heterocycles. The molecular formula is C13H14N4S. The second-order valence-corrected chi connectivity index (χ2v) is 4.51. The Hall–Kier alpha value is -2.01. The molecule has 3 N–H and O–H groups in total. The second-order valence-electron chi connectivity index (χ2n) is 4.07. The van der Waals surface area contributed by atoms with Gasteiger partial charge in [0.25, 0.3) is 0 Å². The standard InChI is InChI=1S/C13H14N4S/c1-8-3-4-10(9(2)7-8)16-13-15-6-5-11(17-13)12(14)18/h3-7H,1-2H3,(H2,14,18)(H,15,16,17). The van der Waals surface area contributed by atoms with E-state index in [1.54, 1.807) is 12.3 Å². The highest BCUT2D eigenvalue weighted by molar-refractivity contribution is 7.80. The Labute approximate surface area is 111 Å². The van der Waals surface area contributed by atoms with E-state index in [0.717, 1.165) is 11.3 Å². The summed E-state index contributed by atoms with van der Waals surface area (Å²) >= 11 is 4.89. The van der Waals surface area contributed by atoms with E-state index >= 15 is 0 Å². The van der Waals surface area contributed by atoms with Gasteiger partial charge in [0.15, 0.2) is 0 Å². The van der Waals surface area contributed by atoms with E-state index in [2.05, 4.69) is 28.3 Å². The Kier molecular flexibility index (Phi) is 3.53. The normalized spacial score (nSPS) is 10.1. The lowest BCUT2D eigenvalue weighted by Gasteiger charge is -2.09. The zero-order chi connectivity index (χ0) is 13.1. The number of nitrogens with zero attached hydrogens (tertiary/aromatic N) is 2. The van der Waals surface area contributed by atoms with Gasteiger partial charge in [0.1, 0.15) is 10.7 Å². The van der Waals surface area contributed by atoms with E-state index < -0.39 is 0 Å². The number of hydrogen-bond donors (Lipinski definition) is 2. The maximum atomic E-state index is 5.54. The predicted octanol–water partition coefficient (Wildman–Crippen LogP) is 2.47. The first kappa shape index (κ1) is 12.4. The van der Waals surface area contributed by atoms with E-state index in [0.29, 0.717) is 11.6 Å². The smallest absolute Gasteiger partial charge is 0.227 e. The summed E-state index contributed by atoms with van der Waals surface area (Å²) in [6, 6.07) is 7.82. The zero-order valence-electron chi connectivity index (χ0n) is 10.3. The molecule has 0 aliphatic rings. The molecule has 0 amide bonds. The summed E-state index contributed by atoms with van der Waals surface area (Å²) in [6.07, 6.45) is 1.63. The van der Waals surface area contributed by atoms with Crippen LogP contribution in [0, 0.1) is 13.8 Å². The number of hydrogen-bond acceptors (Lipinski definition) is 4. The molecule has 0 aliphatic carbocycles. The monoisotopic (exact) mass is 258 g/mol. The number of benzene rings is 1. The average molecular weight is 258 g/mol. The molecule has 0 saturated heterocycles. The van der Waals surface area contributed by atoms with Gasteiger partial charge in [0.2, 0.25) is 5.95 Å². The van der Waals surface area contributed by atoms with Crippen LogP contribution in [0.1, 0.15) is 16.8 Å². The molecule has 4 nitrogen and oxygen atoms in total. The van der Waals surface area contributed by atoms with Crippen molar-refractivity contribution in [1.29, 1.82) is 0 Å². The second kappa shape index (κ2) is 5.10. The zero-order valence-corrected chi connectivity index (χ0v) is 11.1. The van der Waals surface area contributed by atoms with Gasteiger partial charge in [-0.15, -0.1) is 0 Å². The molecular weight excluding hydrogens is 244 g/mol. The summed E-state index contributed by atoms with van der Waals surface area (Å²) in [4.78, 5) is 8.65. The van der Waals surface area contributed by atoms with Crippen LogP contribution in [0.15, 0.2) is 30.5 Å². The van der Waals surface area contributed by atoms with Crippen molar-refractivity contribution in [2.24, 2.45) is 5.73 Å². The van der Waals surface area contributed by atoms with Crippen LogP contribution >= 0.6 is 12.2 Å². The van der Waals surface area contributed by atoms with Crippen molar-refractivity contribution in [3.63, 3.8) is 0 Å². The Morgan fingerprint density at radius 3 is 2.72 bits per heavy atom. The number of rotatable bonds is 3. The fraction of sp³-hybridized carbons (Fsp3) is 0.154. The van der Waals surface area contributed by atoms with E-state index in [1.165, 1.54) is 5.56 Å². The van der Waals surface area contributed by atoms with Gasteiger partial charge in [-0.05, 0) is 31.5 Å². The third kappa shape index (κ3) is 2.81. The first-order chi connectivity index (χ1) is 8.56. The highest BCUT2D eigenvalue weighted by Crippen LogP contribution is 2.19. The van der Waals surface area contributed by atoms with Crippen molar-refractivity contribution in [2.45, 2.75) is 13.8 Å². The fourth-order valence-electron chi connectivity index (χ4n) is 1.63. The van der Waals surface area contributed by atoms with E-state index in [9.17, 15) is 0 Å².